The van der Waals surface area contributed by atoms with Crippen molar-refractivity contribution < 1.29 is 0 Å². The van der Waals surface area contributed by atoms with E-state index in [4.69, 9.17) is 11.6 Å². The van der Waals surface area contributed by atoms with Gasteiger partial charge in [0.05, 0.1) is 17.3 Å². The van der Waals surface area contributed by atoms with Gasteiger partial charge >= 0.3 is 0 Å². The van der Waals surface area contributed by atoms with Crippen LogP contribution in [-0.4, -0.2) is 16.8 Å². The van der Waals surface area contributed by atoms with Crippen LogP contribution in [-0.2, 0) is 6.54 Å². The van der Waals surface area contributed by atoms with E-state index in [9.17, 15) is 0 Å². The molecule has 1 atom stereocenters. The van der Waals surface area contributed by atoms with E-state index in [2.05, 4.69) is 52.2 Å². The van der Waals surface area contributed by atoms with Gasteiger partial charge in [-0.25, -0.2) is 0 Å². The Labute approximate surface area is 132 Å². The van der Waals surface area contributed by atoms with Crippen LogP contribution in [0.3, 0.4) is 0 Å². The van der Waals surface area contributed by atoms with E-state index in [1.54, 1.807) is 0 Å². The quantitative estimate of drug-likeness (QED) is 0.787. The number of halogens is 2. The number of benzene rings is 1. The van der Waals surface area contributed by atoms with Crippen LogP contribution in [0.5, 0.6) is 0 Å². The number of nitrogens with zero attached hydrogens (tertiary/aromatic N) is 2. The number of hydrogen-bond acceptors (Lipinski definition) is 2. The van der Waals surface area contributed by atoms with Gasteiger partial charge < -0.3 is 5.32 Å². The summed E-state index contributed by atoms with van der Waals surface area (Å²) in [5.74, 6) is 0. The van der Waals surface area contributed by atoms with Crippen molar-refractivity contribution in [2.45, 2.75) is 25.9 Å². The molecule has 3 nitrogen and oxygen atoms in total. The predicted octanol–water partition coefficient (Wildman–Crippen LogP) is 3.86. The lowest BCUT2D eigenvalue weighted by Crippen LogP contribution is -2.17. The van der Waals surface area contributed by atoms with Gasteiger partial charge in [0.15, 0.2) is 0 Å². The van der Waals surface area contributed by atoms with Gasteiger partial charge in [-0.3, -0.25) is 4.68 Å². The molecular weight excluding hydrogens is 373 g/mol. The van der Waals surface area contributed by atoms with Crippen LogP contribution < -0.4 is 5.32 Å². The maximum Gasteiger partial charge on any atom is 0.0606 e. The first-order valence-electron chi connectivity index (χ1n) is 6.30. The predicted molar refractivity (Wildman–Crippen MR) is 87.6 cm³/mol. The fourth-order valence-corrected chi connectivity index (χ4v) is 2.62. The highest BCUT2D eigenvalue weighted by Gasteiger charge is 2.15. The lowest BCUT2D eigenvalue weighted by atomic mass is 10.0. The average molecular weight is 390 g/mol. The Morgan fingerprint density at radius 3 is 2.84 bits per heavy atom. The molecule has 0 saturated carbocycles. The van der Waals surface area contributed by atoms with Gasteiger partial charge in [0.1, 0.15) is 0 Å². The SMILES string of the molecule is CCCn1cc(C(NC)c2ccc(I)c(Cl)c2)cn1. The number of aryl methyl sites for hydroxylation is 1. The van der Waals surface area contributed by atoms with E-state index in [0.29, 0.717) is 0 Å². The van der Waals surface area contributed by atoms with Crippen molar-refractivity contribution in [3.63, 3.8) is 0 Å². The largest absolute Gasteiger partial charge is 0.309 e. The summed E-state index contributed by atoms with van der Waals surface area (Å²) in [5.41, 5.74) is 2.32. The van der Waals surface area contributed by atoms with E-state index in [-0.39, 0.29) is 6.04 Å². The van der Waals surface area contributed by atoms with E-state index in [1.807, 2.05) is 30.1 Å². The number of nitrogens with one attached hydrogen (secondary N) is 1. The zero-order valence-electron chi connectivity index (χ0n) is 11.0. The lowest BCUT2D eigenvalue weighted by Gasteiger charge is -2.15. The Morgan fingerprint density at radius 1 is 1.42 bits per heavy atom. The summed E-state index contributed by atoms with van der Waals surface area (Å²) in [6.45, 7) is 3.10. The molecule has 2 aromatic rings. The molecule has 1 N–H and O–H groups in total. The number of hydrogen-bond donors (Lipinski definition) is 1. The molecule has 0 saturated heterocycles. The van der Waals surface area contributed by atoms with Gasteiger partial charge in [-0.15, -0.1) is 0 Å². The molecular formula is C14H17ClIN3. The van der Waals surface area contributed by atoms with Gasteiger partial charge in [-0.1, -0.05) is 24.6 Å². The second-order valence-corrected chi connectivity index (χ2v) is 6.00. The number of rotatable bonds is 5. The Morgan fingerprint density at radius 2 is 2.21 bits per heavy atom. The standard InChI is InChI=1S/C14H17ClIN3/c1-3-6-19-9-11(8-18-19)14(17-2)10-4-5-13(16)12(15)7-10/h4-5,7-9,14,17H,3,6H2,1-2H3. The maximum absolute atomic E-state index is 6.20. The molecule has 1 unspecified atom stereocenters. The number of aromatic nitrogens is 2. The zero-order valence-corrected chi connectivity index (χ0v) is 13.9. The highest BCUT2D eigenvalue weighted by molar-refractivity contribution is 14.1. The van der Waals surface area contributed by atoms with Crippen molar-refractivity contribution in [2.75, 3.05) is 7.05 Å². The molecule has 1 aromatic heterocycles. The molecule has 0 aliphatic carbocycles. The molecule has 0 bridgehead atoms. The summed E-state index contributed by atoms with van der Waals surface area (Å²) < 4.78 is 3.05. The van der Waals surface area contributed by atoms with Crippen LogP contribution in [0.1, 0.15) is 30.5 Å². The van der Waals surface area contributed by atoms with Gasteiger partial charge in [-0.2, -0.15) is 5.10 Å². The molecule has 0 aliphatic heterocycles. The summed E-state index contributed by atoms with van der Waals surface area (Å²) >= 11 is 8.44. The van der Waals surface area contributed by atoms with Crippen LogP contribution in [0.15, 0.2) is 30.6 Å². The first-order valence-corrected chi connectivity index (χ1v) is 7.76. The molecule has 1 aromatic carbocycles. The fraction of sp³-hybridized carbons (Fsp3) is 0.357. The molecule has 0 fully saturated rings. The third kappa shape index (κ3) is 3.49. The highest BCUT2D eigenvalue weighted by Crippen LogP contribution is 2.26. The van der Waals surface area contributed by atoms with Crippen LogP contribution in [0.25, 0.3) is 0 Å². The van der Waals surface area contributed by atoms with Crippen molar-refractivity contribution in [1.82, 2.24) is 15.1 Å². The van der Waals surface area contributed by atoms with Crippen LogP contribution in [0, 0.1) is 3.57 Å². The third-order valence-electron chi connectivity index (χ3n) is 3.00. The summed E-state index contributed by atoms with van der Waals surface area (Å²) in [7, 11) is 1.95. The van der Waals surface area contributed by atoms with Crippen LogP contribution >= 0.6 is 34.2 Å². The maximum atomic E-state index is 6.20. The minimum atomic E-state index is 0.125. The normalized spacial score (nSPS) is 12.6. The smallest absolute Gasteiger partial charge is 0.0606 e. The third-order valence-corrected chi connectivity index (χ3v) is 4.58. The summed E-state index contributed by atoms with van der Waals surface area (Å²) in [6.07, 6.45) is 5.10. The topological polar surface area (TPSA) is 29.9 Å². The van der Waals surface area contributed by atoms with Gasteiger partial charge in [-0.05, 0) is 53.8 Å². The molecule has 1 heterocycles. The van der Waals surface area contributed by atoms with Crippen molar-refractivity contribution in [3.05, 3.63) is 50.3 Å². The summed E-state index contributed by atoms with van der Waals surface area (Å²) in [6, 6.07) is 6.28. The van der Waals surface area contributed by atoms with E-state index < -0.39 is 0 Å². The second-order valence-electron chi connectivity index (χ2n) is 4.43. The Balaban J connectivity index is 2.29. The van der Waals surface area contributed by atoms with E-state index >= 15 is 0 Å². The van der Waals surface area contributed by atoms with Crippen molar-refractivity contribution in [3.8, 4) is 0 Å². The molecule has 19 heavy (non-hydrogen) atoms. The minimum absolute atomic E-state index is 0.125. The monoisotopic (exact) mass is 389 g/mol. The van der Waals surface area contributed by atoms with Gasteiger partial charge in [0.25, 0.3) is 0 Å². The molecule has 2 rings (SSSR count). The Kier molecular flexibility index (Phi) is 5.24. The molecule has 0 aliphatic rings. The van der Waals surface area contributed by atoms with Gasteiger partial charge in [0, 0.05) is 21.9 Å². The summed E-state index contributed by atoms with van der Waals surface area (Å²) in [5, 5.41) is 8.50. The van der Waals surface area contributed by atoms with E-state index in [0.717, 1.165) is 32.7 Å². The molecule has 102 valence electrons. The molecule has 0 spiro atoms. The van der Waals surface area contributed by atoms with Crippen LogP contribution in [0.2, 0.25) is 5.02 Å². The van der Waals surface area contributed by atoms with Crippen molar-refractivity contribution in [2.24, 2.45) is 0 Å². The molecule has 0 amide bonds. The lowest BCUT2D eigenvalue weighted by molar-refractivity contribution is 0.600. The van der Waals surface area contributed by atoms with Crippen LogP contribution in [0.4, 0.5) is 0 Å². The zero-order chi connectivity index (χ0) is 13.8. The fourth-order valence-electron chi connectivity index (χ4n) is 2.10. The first-order chi connectivity index (χ1) is 9.15. The summed E-state index contributed by atoms with van der Waals surface area (Å²) in [4.78, 5) is 0. The Hall–Kier alpha value is -0.590. The Bertz CT molecular complexity index is 553. The average Bonchev–Trinajstić information content (AvgIpc) is 2.83. The van der Waals surface area contributed by atoms with Gasteiger partial charge in [0.2, 0.25) is 0 Å². The molecule has 0 radical (unpaired) electrons. The van der Waals surface area contributed by atoms with Crippen molar-refractivity contribution >= 4 is 34.2 Å². The minimum Gasteiger partial charge on any atom is -0.309 e. The van der Waals surface area contributed by atoms with E-state index in [1.165, 1.54) is 0 Å². The second kappa shape index (κ2) is 6.72. The first kappa shape index (κ1) is 14.8. The molecule has 5 heteroatoms. The van der Waals surface area contributed by atoms with Crippen molar-refractivity contribution in [1.29, 1.82) is 0 Å². The highest BCUT2D eigenvalue weighted by atomic mass is 127.